The average molecular weight is 456 g/mol. The molecule has 0 aromatic heterocycles. The third kappa shape index (κ3) is 5.57. The molecule has 2 aromatic rings. The maximum atomic E-state index is 12.6. The fraction of sp³-hybridized carbons (Fsp3) is 0.263. The first-order valence-electron chi connectivity index (χ1n) is 8.58. The van der Waals surface area contributed by atoms with Gasteiger partial charge >= 0.3 is 22.2 Å². The predicted molar refractivity (Wildman–Crippen MR) is 107 cm³/mol. The van der Waals surface area contributed by atoms with Crippen LogP contribution in [0.1, 0.15) is 36.7 Å². The molecule has 1 amide bonds. The molecule has 30 heavy (non-hydrogen) atoms. The molecule has 9 nitrogen and oxygen atoms in total. The Morgan fingerprint density at radius 1 is 0.900 bits per heavy atom. The highest BCUT2D eigenvalue weighted by atomic mass is 32.2. The van der Waals surface area contributed by atoms with Crippen molar-refractivity contribution < 1.29 is 35.4 Å². The van der Waals surface area contributed by atoms with Crippen molar-refractivity contribution in [3.05, 3.63) is 59.7 Å². The van der Waals surface area contributed by atoms with Gasteiger partial charge in [-0.1, -0.05) is 51.1 Å². The van der Waals surface area contributed by atoms with Gasteiger partial charge in [-0.15, -0.1) is 5.48 Å². The zero-order valence-electron chi connectivity index (χ0n) is 16.7. The first-order valence-corrected chi connectivity index (χ1v) is 11.9. The number of rotatable bonds is 4. The molecule has 0 fully saturated rings. The Labute approximate surface area is 175 Å². The molecule has 0 aliphatic heterocycles. The molecule has 0 bridgehead atoms. The molecule has 2 rings (SSSR count). The van der Waals surface area contributed by atoms with Crippen LogP contribution in [0.15, 0.2) is 58.3 Å². The van der Waals surface area contributed by atoms with E-state index < -0.39 is 47.2 Å². The molecule has 0 saturated carbocycles. The first kappa shape index (κ1) is 23.4. The highest BCUT2D eigenvalue weighted by Gasteiger charge is 2.33. The van der Waals surface area contributed by atoms with Gasteiger partial charge in [-0.05, 0) is 29.2 Å². The number of benzene rings is 2. The van der Waals surface area contributed by atoms with E-state index in [0.717, 1.165) is 12.3 Å². The molecular weight excluding hydrogens is 434 g/mol. The second-order valence-electron chi connectivity index (χ2n) is 7.34. The van der Waals surface area contributed by atoms with Gasteiger partial charge in [-0.2, -0.15) is 8.42 Å². The summed E-state index contributed by atoms with van der Waals surface area (Å²) in [5, 5.41) is 0. The van der Waals surface area contributed by atoms with Crippen LogP contribution in [0.4, 0.5) is 4.79 Å². The van der Waals surface area contributed by atoms with Crippen LogP contribution in [0.2, 0.25) is 0 Å². The lowest BCUT2D eigenvalue weighted by molar-refractivity contribution is 0.0278. The Balaban J connectivity index is 2.29. The van der Waals surface area contributed by atoms with Crippen LogP contribution in [0.25, 0.3) is 0 Å². The van der Waals surface area contributed by atoms with Crippen LogP contribution in [0, 0.1) is 0 Å². The maximum absolute atomic E-state index is 12.6. The van der Waals surface area contributed by atoms with Crippen molar-refractivity contribution in [2.45, 2.75) is 36.0 Å². The maximum Gasteiger partial charge on any atom is 0.456 e. The number of carbonyl (C=O) groups is 2. The lowest BCUT2D eigenvalue weighted by atomic mass is 9.87. The SMILES string of the molecule is CC(C)(C)c1cccc(S(=O)(=O)OC(=O)NOC(=O)c2ccccc2)c1S(C)(=O)=O. The van der Waals surface area contributed by atoms with Crippen LogP contribution in [-0.2, 0) is 34.4 Å². The summed E-state index contributed by atoms with van der Waals surface area (Å²) in [4.78, 5) is 27.0. The molecule has 0 unspecified atom stereocenters. The Hall–Kier alpha value is -2.92. The number of carbonyl (C=O) groups excluding carboxylic acids is 2. The van der Waals surface area contributed by atoms with Crippen LogP contribution >= 0.6 is 0 Å². The fourth-order valence-electron chi connectivity index (χ4n) is 2.57. The van der Waals surface area contributed by atoms with E-state index in [9.17, 15) is 26.4 Å². The molecule has 0 saturated heterocycles. The molecule has 0 heterocycles. The van der Waals surface area contributed by atoms with Gasteiger partial charge in [-0.25, -0.2) is 18.0 Å². The zero-order chi connectivity index (χ0) is 22.7. The Bertz CT molecular complexity index is 1160. The minimum atomic E-state index is -4.85. The van der Waals surface area contributed by atoms with E-state index in [1.165, 1.54) is 24.3 Å². The van der Waals surface area contributed by atoms with Crippen molar-refractivity contribution in [1.82, 2.24) is 5.48 Å². The molecule has 0 atom stereocenters. The molecule has 0 aliphatic carbocycles. The third-order valence-electron chi connectivity index (χ3n) is 3.85. The lowest BCUT2D eigenvalue weighted by Gasteiger charge is -2.23. The Morgan fingerprint density at radius 2 is 1.50 bits per heavy atom. The standard InChI is InChI=1S/C19H21NO8S2/c1-19(2,3)14-11-8-12-15(16(14)29(4,23)24)30(25,26)28-18(22)20-27-17(21)13-9-6-5-7-10-13/h5-12H,1-4H3,(H,20,22). The minimum Gasteiger partial charge on any atom is -0.332 e. The summed E-state index contributed by atoms with van der Waals surface area (Å²) < 4.78 is 54.3. The molecule has 162 valence electrons. The van der Waals surface area contributed by atoms with Crippen LogP contribution in [0.5, 0.6) is 0 Å². The van der Waals surface area contributed by atoms with Gasteiger partial charge in [0.05, 0.1) is 10.5 Å². The topological polar surface area (TPSA) is 133 Å². The van der Waals surface area contributed by atoms with E-state index >= 15 is 0 Å². The zero-order valence-corrected chi connectivity index (χ0v) is 18.3. The molecular formula is C19H21NO8S2. The van der Waals surface area contributed by atoms with Gasteiger partial charge in [0.1, 0.15) is 4.90 Å². The van der Waals surface area contributed by atoms with Gasteiger partial charge < -0.3 is 9.02 Å². The van der Waals surface area contributed by atoms with Crippen molar-refractivity contribution in [2.75, 3.05) is 6.26 Å². The quantitative estimate of drug-likeness (QED) is 0.549. The van der Waals surface area contributed by atoms with Crippen molar-refractivity contribution in [3.63, 3.8) is 0 Å². The van der Waals surface area contributed by atoms with Crippen LogP contribution in [0.3, 0.4) is 0 Å². The Morgan fingerprint density at radius 3 is 2.03 bits per heavy atom. The van der Waals surface area contributed by atoms with Gasteiger partial charge in [0.15, 0.2) is 9.84 Å². The average Bonchev–Trinajstić information content (AvgIpc) is 2.64. The third-order valence-corrected chi connectivity index (χ3v) is 6.41. The summed E-state index contributed by atoms with van der Waals surface area (Å²) in [5.74, 6) is -0.948. The highest BCUT2D eigenvalue weighted by molar-refractivity contribution is 7.92. The molecule has 0 radical (unpaired) electrons. The normalized spacial score (nSPS) is 12.1. The van der Waals surface area contributed by atoms with Crippen molar-refractivity contribution >= 4 is 32.0 Å². The number of nitrogens with one attached hydrogen (secondary N) is 1. The molecule has 0 spiro atoms. The summed E-state index contributed by atoms with van der Waals surface area (Å²) >= 11 is 0. The molecule has 0 aliphatic rings. The summed E-state index contributed by atoms with van der Waals surface area (Å²) in [6.45, 7) is 5.14. The van der Waals surface area contributed by atoms with E-state index in [1.807, 2.05) is 0 Å². The van der Waals surface area contributed by atoms with E-state index in [-0.39, 0.29) is 11.1 Å². The first-order chi connectivity index (χ1) is 13.7. The van der Waals surface area contributed by atoms with Crippen LogP contribution in [-0.4, -0.2) is 35.2 Å². The van der Waals surface area contributed by atoms with E-state index in [2.05, 4.69) is 9.02 Å². The summed E-state index contributed by atoms with van der Waals surface area (Å²) in [6, 6.07) is 11.5. The van der Waals surface area contributed by atoms with Crippen molar-refractivity contribution in [3.8, 4) is 0 Å². The largest absolute Gasteiger partial charge is 0.456 e. The van der Waals surface area contributed by atoms with Gasteiger partial charge in [-0.3, -0.25) is 0 Å². The van der Waals surface area contributed by atoms with E-state index in [0.29, 0.717) is 0 Å². The second kappa shape index (κ2) is 8.44. The number of hydroxylamine groups is 1. The Kier molecular flexibility index (Phi) is 6.57. The number of sulfone groups is 1. The predicted octanol–water partition coefficient (Wildman–Crippen LogP) is 2.57. The van der Waals surface area contributed by atoms with Crippen LogP contribution < -0.4 is 5.48 Å². The molecule has 2 aromatic carbocycles. The minimum absolute atomic E-state index is 0.109. The summed E-state index contributed by atoms with van der Waals surface area (Å²) in [5.41, 5.74) is 1.21. The number of hydrogen-bond donors (Lipinski definition) is 1. The van der Waals surface area contributed by atoms with E-state index in [1.54, 1.807) is 44.5 Å². The lowest BCUT2D eigenvalue weighted by Crippen LogP contribution is -2.30. The van der Waals surface area contributed by atoms with Gasteiger partial charge in [0.2, 0.25) is 0 Å². The number of amides is 1. The smallest absolute Gasteiger partial charge is 0.332 e. The van der Waals surface area contributed by atoms with Crippen molar-refractivity contribution in [1.29, 1.82) is 0 Å². The van der Waals surface area contributed by atoms with Crippen molar-refractivity contribution in [2.24, 2.45) is 0 Å². The molecule has 1 N–H and O–H groups in total. The van der Waals surface area contributed by atoms with Gasteiger partial charge in [0.25, 0.3) is 0 Å². The van der Waals surface area contributed by atoms with E-state index in [4.69, 9.17) is 0 Å². The fourth-order valence-corrected chi connectivity index (χ4v) is 5.44. The van der Waals surface area contributed by atoms with Gasteiger partial charge in [0, 0.05) is 6.26 Å². The molecule has 11 heteroatoms. The highest BCUT2D eigenvalue weighted by Crippen LogP contribution is 2.34. The summed E-state index contributed by atoms with van der Waals surface area (Å²) in [6.07, 6.45) is -0.752. The summed E-state index contributed by atoms with van der Waals surface area (Å²) in [7, 11) is -8.86. The second-order valence-corrected chi connectivity index (χ2v) is 10.8. The monoisotopic (exact) mass is 455 g/mol. The number of hydrogen-bond acceptors (Lipinski definition) is 8.